The highest BCUT2D eigenvalue weighted by Gasteiger charge is 2.36. The molecule has 0 spiro atoms. The summed E-state index contributed by atoms with van der Waals surface area (Å²) in [4.78, 5) is -0.409. The zero-order valence-corrected chi connectivity index (χ0v) is 19.3. The molecule has 32 heavy (non-hydrogen) atoms. The topological polar surface area (TPSA) is 80.8 Å². The van der Waals surface area contributed by atoms with Gasteiger partial charge in [0.15, 0.2) is 9.84 Å². The van der Waals surface area contributed by atoms with Gasteiger partial charge in [-0.05, 0) is 35.2 Å². The molecule has 4 rings (SSSR count). The van der Waals surface area contributed by atoms with Crippen LogP contribution in [-0.4, -0.2) is 40.0 Å². The van der Waals surface area contributed by atoms with E-state index >= 15 is 0 Å². The Labute approximate surface area is 189 Å². The summed E-state index contributed by atoms with van der Waals surface area (Å²) in [5, 5.41) is 0. The maximum Gasteiger partial charge on any atom is 0.245 e. The normalized spacial score (nSPS) is 17.8. The van der Waals surface area contributed by atoms with Gasteiger partial charge in [-0.1, -0.05) is 66.7 Å². The van der Waals surface area contributed by atoms with Crippen molar-refractivity contribution in [3.05, 3.63) is 95.6 Å². The van der Waals surface area contributed by atoms with E-state index in [1.807, 2.05) is 54.6 Å². The van der Waals surface area contributed by atoms with Crippen LogP contribution in [0.5, 0.6) is 0 Å². The summed E-state index contributed by atoms with van der Waals surface area (Å²) in [6.45, 7) is 0.732. The van der Waals surface area contributed by atoms with E-state index in [9.17, 15) is 16.8 Å². The fraction of sp³-hybridized carbons (Fsp3) is 0.250. The smallest absolute Gasteiger partial charge is 0.245 e. The maximum absolute atomic E-state index is 13.9. The minimum atomic E-state index is -4.15. The SMILES string of the molecule is CS(=O)(=O)c1ccccc1S(=O)(=O)N1Cc2ccccc2COCC1Cc1ccccc1. The Bertz CT molecular complexity index is 1300. The van der Waals surface area contributed by atoms with Crippen molar-refractivity contribution in [2.75, 3.05) is 12.9 Å². The first-order valence-electron chi connectivity index (χ1n) is 10.3. The molecule has 0 amide bonds. The molecule has 0 radical (unpaired) electrons. The number of fused-ring (bicyclic) bond motifs is 1. The van der Waals surface area contributed by atoms with Crippen molar-refractivity contribution in [3.8, 4) is 0 Å². The number of benzene rings is 3. The molecule has 0 fully saturated rings. The molecule has 0 N–H and O–H groups in total. The highest BCUT2D eigenvalue weighted by Crippen LogP contribution is 2.30. The van der Waals surface area contributed by atoms with E-state index in [-0.39, 0.29) is 22.9 Å². The van der Waals surface area contributed by atoms with Crippen LogP contribution in [0.2, 0.25) is 0 Å². The molecule has 3 aromatic carbocycles. The van der Waals surface area contributed by atoms with Crippen LogP contribution in [0.25, 0.3) is 0 Å². The molecule has 6 nitrogen and oxygen atoms in total. The fourth-order valence-electron chi connectivity index (χ4n) is 3.96. The van der Waals surface area contributed by atoms with E-state index in [1.54, 1.807) is 6.07 Å². The second-order valence-electron chi connectivity index (χ2n) is 7.90. The van der Waals surface area contributed by atoms with Gasteiger partial charge in [0.1, 0.15) is 4.90 Å². The first-order chi connectivity index (χ1) is 15.3. The van der Waals surface area contributed by atoms with E-state index in [0.717, 1.165) is 22.9 Å². The lowest BCUT2D eigenvalue weighted by molar-refractivity contribution is 0.0673. The van der Waals surface area contributed by atoms with Crippen molar-refractivity contribution in [1.29, 1.82) is 0 Å². The quantitative estimate of drug-likeness (QED) is 0.570. The summed E-state index contributed by atoms with van der Waals surface area (Å²) in [5.41, 5.74) is 2.74. The van der Waals surface area contributed by atoms with Gasteiger partial charge in [-0.15, -0.1) is 0 Å². The third kappa shape index (κ3) is 4.78. The number of rotatable bonds is 5. The standard InChI is InChI=1S/C24H25NO5S2/c1-31(26,27)23-13-7-8-14-24(23)32(28,29)25-16-20-11-5-6-12-21(20)17-30-18-22(25)15-19-9-3-2-4-10-19/h2-14,22H,15-18H2,1H3. The molecule has 1 aliphatic rings. The van der Waals surface area contributed by atoms with Gasteiger partial charge in [0.25, 0.3) is 0 Å². The van der Waals surface area contributed by atoms with E-state index in [4.69, 9.17) is 4.74 Å². The fourth-order valence-corrected chi connectivity index (χ4v) is 7.15. The Morgan fingerprint density at radius 3 is 2.09 bits per heavy atom. The van der Waals surface area contributed by atoms with Crippen molar-refractivity contribution in [2.24, 2.45) is 0 Å². The van der Waals surface area contributed by atoms with E-state index in [1.165, 1.54) is 22.5 Å². The molecule has 1 atom stereocenters. The van der Waals surface area contributed by atoms with E-state index < -0.39 is 25.9 Å². The molecule has 168 valence electrons. The third-order valence-corrected chi connectivity index (χ3v) is 8.81. The lowest BCUT2D eigenvalue weighted by Gasteiger charge is -2.34. The summed E-state index contributed by atoms with van der Waals surface area (Å²) >= 11 is 0. The third-order valence-electron chi connectivity index (χ3n) is 5.57. The van der Waals surface area contributed by atoms with Crippen LogP contribution < -0.4 is 0 Å². The minimum absolute atomic E-state index is 0.136. The van der Waals surface area contributed by atoms with E-state index in [0.29, 0.717) is 13.0 Å². The molecule has 1 unspecified atom stereocenters. The summed E-state index contributed by atoms with van der Waals surface area (Å²) in [6, 6.07) is 22.4. The van der Waals surface area contributed by atoms with Crippen LogP contribution in [-0.2, 0) is 44.2 Å². The number of sulfonamides is 1. The van der Waals surface area contributed by atoms with Gasteiger partial charge < -0.3 is 4.74 Å². The second-order valence-corrected chi connectivity index (χ2v) is 11.7. The van der Waals surface area contributed by atoms with Gasteiger partial charge in [-0.2, -0.15) is 4.31 Å². The first-order valence-corrected chi connectivity index (χ1v) is 13.6. The number of hydrogen-bond acceptors (Lipinski definition) is 5. The van der Waals surface area contributed by atoms with Crippen LogP contribution in [0, 0.1) is 0 Å². The number of sulfone groups is 1. The summed E-state index contributed by atoms with van der Waals surface area (Å²) in [7, 11) is -7.90. The Morgan fingerprint density at radius 1 is 0.812 bits per heavy atom. The lowest BCUT2D eigenvalue weighted by atomic mass is 10.0. The largest absolute Gasteiger partial charge is 0.375 e. The van der Waals surface area contributed by atoms with Crippen LogP contribution >= 0.6 is 0 Å². The predicted molar refractivity (Wildman–Crippen MR) is 122 cm³/mol. The van der Waals surface area contributed by atoms with Crippen molar-refractivity contribution < 1.29 is 21.6 Å². The number of hydrogen-bond donors (Lipinski definition) is 0. The monoisotopic (exact) mass is 471 g/mol. The molecule has 0 saturated carbocycles. The molecule has 8 heteroatoms. The van der Waals surface area contributed by atoms with Crippen molar-refractivity contribution in [1.82, 2.24) is 4.31 Å². The maximum atomic E-state index is 13.9. The average Bonchev–Trinajstić information content (AvgIpc) is 2.76. The Morgan fingerprint density at radius 2 is 1.41 bits per heavy atom. The predicted octanol–water partition coefficient (Wildman–Crippen LogP) is 3.42. The second kappa shape index (κ2) is 9.15. The molecule has 3 aromatic rings. The van der Waals surface area contributed by atoms with Crippen LogP contribution in [0.1, 0.15) is 16.7 Å². The molecule has 1 heterocycles. The Kier molecular flexibility index (Phi) is 6.48. The van der Waals surface area contributed by atoms with Crippen LogP contribution in [0.15, 0.2) is 88.7 Å². The van der Waals surface area contributed by atoms with Crippen LogP contribution in [0.3, 0.4) is 0 Å². The molecular formula is C24H25NO5S2. The van der Waals surface area contributed by atoms with Crippen LogP contribution in [0.4, 0.5) is 0 Å². The van der Waals surface area contributed by atoms with Gasteiger partial charge in [0.2, 0.25) is 10.0 Å². The van der Waals surface area contributed by atoms with Gasteiger partial charge in [-0.3, -0.25) is 0 Å². The van der Waals surface area contributed by atoms with Gasteiger partial charge in [0.05, 0.1) is 24.2 Å². The molecular weight excluding hydrogens is 446 g/mol. The average molecular weight is 472 g/mol. The molecule has 0 saturated heterocycles. The number of nitrogens with zero attached hydrogens (tertiary/aromatic N) is 1. The van der Waals surface area contributed by atoms with Crippen molar-refractivity contribution in [2.45, 2.75) is 35.4 Å². The first kappa shape index (κ1) is 22.7. The van der Waals surface area contributed by atoms with Gasteiger partial charge >= 0.3 is 0 Å². The summed E-state index contributed by atoms with van der Waals surface area (Å²) in [6.07, 6.45) is 1.47. The Balaban J connectivity index is 1.84. The zero-order valence-electron chi connectivity index (χ0n) is 17.7. The van der Waals surface area contributed by atoms with E-state index in [2.05, 4.69) is 0 Å². The zero-order chi connectivity index (χ0) is 22.8. The highest BCUT2D eigenvalue weighted by molar-refractivity contribution is 7.93. The molecule has 0 aliphatic carbocycles. The van der Waals surface area contributed by atoms with Crippen molar-refractivity contribution >= 4 is 19.9 Å². The minimum Gasteiger partial charge on any atom is -0.375 e. The molecule has 1 aliphatic heterocycles. The van der Waals surface area contributed by atoms with Gasteiger partial charge in [-0.25, -0.2) is 16.8 Å². The lowest BCUT2D eigenvalue weighted by Crippen LogP contribution is -2.45. The van der Waals surface area contributed by atoms with Crippen molar-refractivity contribution in [3.63, 3.8) is 0 Å². The molecule has 0 bridgehead atoms. The highest BCUT2D eigenvalue weighted by atomic mass is 32.2. The summed E-state index contributed by atoms with van der Waals surface area (Å²) < 4.78 is 59.9. The van der Waals surface area contributed by atoms with Gasteiger partial charge in [0, 0.05) is 12.8 Å². The Hall–Kier alpha value is -2.52. The summed E-state index contributed by atoms with van der Waals surface area (Å²) in [5.74, 6) is 0. The molecule has 0 aromatic heterocycles. The number of ether oxygens (including phenoxy) is 1.